The average Bonchev–Trinajstić information content (AvgIpc) is 2.19. The summed E-state index contributed by atoms with van der Waals surface area (Å²) in [5, 5.41) is 0.504. The van der Waals surface area contributed by atoms with E-state index >= 15 is 0 Å². The van der Waals surface area contributed by atoms with Gasteiger partial charge in [0, 0.05) is 31.0 Å². The maximum Gasteiger partial charge on any atom is 0.129 e. The minimum absolute atomic E-state index is 0.408. The van der Waals surface area contributed by atoms with Gasteiger partial charge in [0.15, 0.2) is 0 Å². The van der Waals surface area contributed by atoms with Crippen LogP contribution in [0, 0.1) is 0 Å². The van der Waals surface area contributed by atoms with Gasteiger partial charge in [0.05, 0.1) is 0 Å². The Balaban J connectivity index is 2.68. The van der Waals surface area contributed by atoms with Crippen LogP contribution in [0.15, 0.2) is 30.6 Å². The van der Waals surface area contributed by atoms with Crippen molar-refractivity contribution in [1.29, 1.82) is 0 Å². The molecule has 1 rings (SSSR count). The van der Waals surface area contributed by atoms with Crippen molar-refractivity contribution in [3.63, 3.8) is 0 Å². The van der Waals surface area contributed by atoms with Crippen LogP contribution in [0.25, 0.3) is 0 Å². The van der Waals surface area contributed by atoms with Crippen LogP contribution in [-0.4, -0.2) is 22.5 Å². The van der Waals surface area contributed by atoms with Crippen LogP contribution in [-0.2, 0) is 6.54 Å². The van der Waals surface area contributed by atoms with Gasteiger partial charge in [0.2, 0.25) is 0 Å². The third kappa shape index (κ3) is 3.51. The van der Waals surface area contributed by atoms with Gasteiger partial charge in [-0.25, -0.2) is 4.98 Å². The largest absolute Gasteiger partial charge is 0.372 e. The fraction of sp³-hybridized carbons (Fsp3) is 0.417. The van der Waals surface area contributed by atoms with E-state index in [2.05, 4.69) is 11.6 Å². The van der Waals surface area contributed by atoms with Crippen molar-refractivity contribution in [2.24, 2.45) is 5.73 Å². The SMILES string of the molecule is C=C(N(C)Cc1ccc(Cl)nc1)C(C)(C)N. The molecule has 0 fully saturated rings. The lowest BCUT2D eigenvalue weighted by Crippen LogP contribution is -2.40. The Hall–Kier alpha value is -1.06. The quantitative estimate of drug-likeness (QED) is 0.821. The number of nitrogens with two attached hydrogens (primary N) is 1. The molecule has 0 unspecified atom stereocenters. The lowest BCUT2D eigenvalue weighted by Gasteiger charge is -2.31. The van der Waals surface area contributed by atoms with Crippen molar-refractivity contribution in [3.05, 3.63) is 41.3 Å². The third-order valence-electron chi connectivity index (χ3n) is 2.41. The van der Waals surface area contributed by atoms with Gasteiger partial charge in [-0.05, 0) is 25.5 Å². The predicted molar refractivity (Wildman–Crippen MR) is 68.1 cm³/mol. The summed E-state index contributed by atoms with van der Waals surface area (Å²) in [6, 6.07) is 3.73. The minimum atomic E-state index is -0.408. The molecular weight excluding hydrogens is 222 g/mol. The fourth-order valence-electron chi connectivity index (χ4n) is 1.36. The van der Waals surface area contributed by atoms with Crippen LogP contribution in [0.1, 0.15) is 19.4 Å². The van der Waals surface area contributed by atoms with E-state index in [0.29, 0.717) is 5.15 Å². The number of halogens is 1. The van der Waals surface area contributed by atoms with E-state index in [0.717, 1.165) is 17.8 Å². The Morgan fingerprint density at radius 1 is 1.56 bits per heavy atom. The third-order valence-corrected chi connectivity index (χ3v) is 2.64. The number of nitrogens with zero attached hydrogens (tertiary/aromatic N) is 2. The molecule has 0 radical (unpaired) electrons. The van der Waals surface area contributed by atoms with Gasteiger partial charge >= 0.3 is 0 Å². The van der Waals surface area contributed by atoms with Gasteiger partial charge in [0.25, 0.3) is 0 Å². The Bertz CT molecular complexity index is 365. The predicted octanol–water partition coefficient (Wildman–Crippen LogP) is 2.42. The molecule has 0 aliphatic carbocycles. The number of pyridine rings is 1. The molecule has 16 heavy (non-hydrogen) atoms. The Morgan fingerprint density at radius 3 is 2.62 bits per heavy atom. The molecule has 0 bridgehead atoms. The Kier molecular flexibility index (Phi) is 3.94. The second-order valence-electron chi connectivity index (χ2n) is 4.51. The summed E-state index contributed by atoms with van der Waals surface area (Å²) >= 11 is 5.72. The van der Waals surface area contributed by atoms with Gasteiger partial charge in [-0.3, -0.25) is 0 Å². The van der Waals surface area contributed by atoms with Crippen LogP contribution < -0.4 is 5.73 Å². The van der Waals surface area contributed by atoms with Gasteiger partial charge in [-0.15, -0.1) is 0 Å². The van der Waals surface area contributed by atoms with Crippen molar-refractivity contribution in [2.45, 2.75) is 25.9 Å². The molecule has 0 aliphatic heterocycles. The molecule has 0 atom stereocenters. The molecule has 4 heteroatoms. The second kappa shape index (κ2) is 4.85. The zero-order chi connectivity index (χ0) is 12.3. The smallest absolute Gasteiger partial charge is 0.129 e. The maximum atomic E-state index is 5.98. The number of likely N-dealkylation sites (N-methyl/N-ethyl adjacent to an activating group) is 1. The van der Waals surface area contributed by atoms with E-state index < -0.39 is 5.54 Å². The van der Waals surface area contributed by atoms with Crippen LogP contribution in [0.5, 0.6) is 0 Å². The number of hydrogen-bond donors (Lipinski definition) is 1. The molecule has 0 aliphatic rings. The summed E-state index contributed by atoms with van der Waals surface area (Å²) in [5.41, 5.74) is 7.54. The number of hydrogen-bond acceptors (Lipinski definition) is 3. The van der Waals surface area contributed by atoms with Crippen molar-refractivity contribution >= 4 is 11.6 Å². The molecule has 0 saturated carbocycles. The van der Waals surface area contributed by atoms with Crippen molar-refractivity contribution in [3.8, 4) is 0 Å². The molecule has 0 spiro atoms. The average molecular weight is 240 g/mol. The molecule has 1 aromatic heterocycles. The van der Waals surface area contributed by atoms with E-state index in [1.54, 1.807) is 12.3 Å². The van der Waals surface area contributed by atoms with Crippen LogP contribution in [0.4, 0.5) is 0 Å². The first kappa shape index (κ1) is 13.0. The molecule has 3 nitrogen and oxygen atoms in total. The zero-order valence-corrected chi connectivity index (χ0v) is 10.8. The van der Waals surface area contributed by atoms with Crippen LogP contribution >= 0.6 is 11.6 Å². The highest BCUT2D eigenvalue weighted by molar-refractivity contribution is 6.29. The standard InChI is InChI=1S/C12H18ClN3/c1-9(12(2,3)14)16(4)8-10-5-6-11(13)15-7-10/h5-7H,1,8,14H2,2-4H3. The molecule has 1 aromatic rings. The normalized spacial score (nSPS) is 11.3. The fourth-order valence-corrected chi connectivity index (χ4v) is 1.47. The molecular formula is C12H18ClN3. The molecule has 2 N–H and O–H groups in total. The molecule has 0 aromatic carbocycles. The monoisotopic (exact) mass is 239 g/mol. The van der Waals surface area contributed by atoms with Gasteiger partial charge in [0.1, 0.15) is 5.15 Å². The van der Waals surface area contributed by atoms with Crippen LogP contribution in [0.2, 0.25) is 5.15 Å². The van der Waals surface area contributed by atoms with Crippen molar-refractivity contribution in [1.82, 2.24) is 9.88 Å². The van der Waals surface area contributed by atoms with Crippen molar-refractivity contribution in [2.75, 3.05) is 7.05 Å². The maximum absolute atomic E-state index is 5.98. The van der Waals surface area contributed by atoms with Gasteiger partial charge < -0.3 is 10.6 Å². The highest BCUT2D eigenvalue weighted by Gasteiger charge is 2.18. The van der Waals surface area contributed by atoms with E-state index in [1.807, 2.05) is 31.9 Å². The first-order valence-electron chi connectivity index (χ1n) is 5.10. The first-order chi connectivity index (χ1) is 7.30. The molecule has 0 saturated heterocycles. The highest BCUT2D eigenvalue weighted by atomic mass is 35.5. The van der Waals surface area contributed by atoms with E-state index in [-0.39, 0.29) is 0 Å². The van der Waals surface area contributed by atoms with Crippen LogP contribution in [0.3, 0.4) is 0 Å². The van der Waals surface area contributed by atoms with E-state index in [4.69, 9.17) is 17.3 Å². The summed E-state index contributed by atoms with van der Waals surface area (Å²) < 4.78 is 0. The van der Waals surface area contributed by atoms with Gasteiger partial charge in [-0.1, -0.05) is 24.2 Å². The summed E-state index contributed by atoms with van der Waals surface area (Å²) in [5.74, 6) is 0. The van der Waals surface area contributed by atoms with Gasteiger partial charge in [-0.2, -0.15) is 0 Å². The molecule has 1 heterocycles. The Morgan fingerprint density at radius 2 is 2.19 bits per heavy atom. The highest BCUT2D eigenvalue weighted by Crippen LogP contribution is 2.16. The number of rotatable bonds is 4. The molecule has 88 valence electrons. The lowest BCUT2D eigenvalue weighted by molar-refractivity contribution is 0.345. The summed E-state index contributed by atoms with van der Waals surface area (Å²) in [4.78, 5) is 6.05. The van der Waals surface area contributed by atoms with Crippen molar-refractivity contribution < 1.29 is 0 Å². The zero-order valence-electron chi connectivity index (χ0n) is 10.00. The summed E-state index contributed by atoms with van der Waals surface area (Å²) in [7, 11) is 1.96. The molecule has 0 amide bonds. The number of aromatic nitrogens is 1. The van der Waals surface area contributed by atoms with E-state index in [9.17, 15) is 0 Å². The summed E-state index contributed by atoms with van der Waals surface area (Å²) in [6.45, 7) is 8.59. The second-order valence-corrected chi connectivity index (χ2v) is 4.90. The first-order valence-corrected chi connectivity index (χ1v) is 5.48. The summed E-state index contributed by atoms with van der Waals surface area (Å²) in [6.07, 6.45) is 1.76. The van der Waals surface area contributed by atoms with E-state index in [1.165, 1.54) is 0 Å². The lowest BCUT2D eigenvalue weighted by atomic mass is 10.0. The topological polar surface area (TPSA) is 42.2 Å². The minimum Gasteiger partial charge on any atom is -0.372 e. The Labute approximate surface area is 102 Å².